The third-order valence-corrected chi connectivity index (χ3v) is 5.27. The molecule has 152 valence electrons. The summed E-state index contributed by atoms with van der Waals surface area (Å²) >= 11 is 0. The van der Waals surface area contributed by atoms with Crippen LogP contribution in [0.4, 0.5) is 5.69 Å². The highest BCUT2D eigenvalue weighted by molar-refractivity contribution is 5.99. The van der Waals surface area contributed by atoms with Gasteiger partial charge in [-0.3, -0.25) is 4.79 Å². The number of carbonyl (C=O) groups excluding carboxylic acids is 1. The maximum Gasteiger partial charge on any atom is 0.337 e. The van der Waals surface area contributed by atoms with Crippen LogP contribution >= 0.6 is 0 Å². The molecule has 3 aromatic rings. The number of pyridine rings is 1. The van der Waals surface area contributed by atoms with E-state index in [9.17, 15) is 9.59 Å². The number of carbonyl (C=O) groups is 1. The largest absolute Gasteiger partial charge is 0.465 e. The Morgan fingerprint density at radius 2 is 1.71 bits per heavy atom. The molecule has 0 aliphatic carbocycles. The van der Waals surface area contributed by atoms with Gasteiger partial charge in [-0.05, 0) is 48.0 Å². The monoisotopic (exact) mass is 410 g/mol. The van der Waals surface area contributed by atoms with E-state index in [1.54, 1.807) is 36.4 Å². The van der Waals surface area contributed by atoms with Crippen LogP contribution in [-0.2, 0) is 4.74 Å². The topological polar surface area (TPSA) is 103 Å². The maximum atomic E-state index is 13.5. The minimum absolute atomic E-state index is 0.255. The van der Waals surface area contributed by atoms with Gasteiger partial charge in [-0.25, -0.2) is 4.79 Å². The van der Waals surface area contributed by atoms with Crippen molar-refractivity contribution in [3.05, 3.63) is 88.7 Å². The van der Waals surface area contributed by atoms with Crippen molar-refractivity contribution in [2.45, 2.75) is 0 Å². The van der Waals surface area contributed by atoms with Crippen LogP contribution in [0.5, 0.6) is 0 Å². The average molecular weight is 410 g/mol. The Labute approximate surface area is 177 Å². The fraction of sp³-hybridized carbons (Fsp3) is 0.0417. The van der Waals surface area contributed by atoms with Crippen molar-refractivity contribution in [2.24, 2.45) is 0 Å². The molecule has 0 fully saturated rings. The number of hydrogen-bond acceptors (Lipinski definition) is 5. The smallest absolute Gasteiger partial charge is 0.337 e. The fourth-order valence-electron chi connectivity index (χ4n) is 3.71. The summed E-state index contributed by atoms with van der Waals surface area (Å²) in [7, 11) is 1.33. The first-order valence-corrected chi connectivity index (χ1v) is 9.65. The number of aromatic amines is 1. The van der Waals surface area contributed by atoms with Gasteiger partial charge in [0, 0.05) is 16.6 Å². The van der Waals surface area contributed by atoms with Crippen LogP contribution in [0.15, 0.2) is 77.6 Å². The first-order chi connectivity index (χ1) is 15.1. The molecule has 5 rings (SSSR count). The first-order valence-electron chi connectivity index (χ1n) is 9.65. The molecule has 2 aliphatic heterocycles. The Kier molecular flexibility index (Phi) is 4.29. The van der Waals surface area contributed by atoms with E-state index in [1.165, 1.54) is 11.8 Å². The third kappa shape index (κ3) is 3.03. The van der Waals surface area contributed by atoms with Crippen molar-refractivity contribution in [3.8, 4) is 28.2 Å². The summed E-state index contributed by atoms with van der Waals surface area (Å²) in [5, 5.41) is 5.50. The minimum atomic E-state index is -0.439. The lowest BCUT2D eigenvalue weighted by Gasteiger charge is -2.10. The number of hydrogen-bond donors (Lipinski definition) is 2. The van der Waals surface area contributed by atoms with Gasteiger partial charge in [0.15, 0.2) is 0 Å². The standard InChI is InChI=1S/C24H18N4O3/c1-31-24(30)15-8-12-17(13-9-15)28-23(29)20-21(14-6-10-16(25)11-7-14)26-19-5-3-2-4-18(19)22(20)27-28/h2-13,26H,25H2,1H3. The molecule has 7 heteroatoms. The van der Waals surface area contributed by atoms with E-state index in [4.69, 9.17) is 10.5 Å². The number of para-hydroxylation sites is 1. The molecule has 0 spiro atoms. The summed E-state index contributed by atoms with van der Waals surface area (Å²) in [6.07, 6.45) is 0. The van der Waals surface area contributed by atoms with Crippen LogP contribution in [0.3, 0.4) is 0 Å². The minimum Gasteiger partial charge on any atom is -0.465 e. The zero-order valence-electron chi connectivity index (χ0n) is 16.6. The molecule has 31 heavy (non-hydrogen) atoms. The van der Waals surface area contributed by atoms with Crippen molar-refractivity contribution in [2.75, 3.05) is 12.8 Å². The number of ether oxygens (including phenoxy) is 1. The number of nitrogens with two attached hydrogens (primary N) is 1. The second kappa shape index (κ2) is 7.14. The molecule has 2 heterocycles. The number of nitrogens with zero attached hydrogens (tertiary/aromatic N) is 2. The number of esters is 1. The van der Waals surface area contributed by atoms with E-state index in [0.717, 1.165) is 16.5 Å². The number of nitrogen functional groups attached to an aromatic ring is 1. The molecule has 0 radical (unpaired) electrons. The lowest BCUT2D eigenvalue weighted by molar-refractivity contribution is 0.0600. The normalized spacial score (nSPS) is 11.1. The lowest BCUT2D eigenvalue weighted by Crippen LogP contribution is -2.15. The van der Waals surface area contributed by atoms with Crippen molar-refractivity contribution in [1.82, 2.24) is 14.8 Å². The molecule has 0 saturated carbocycles. The van der Waals surface area contributed by atoms with Gasteiger partial charge >= 0.3 is 5.97 Å². The Balaban J connectivity index is 1.78. The van der Waals surface area contributed by atoms with E-state index < -0.39 is 5.97 Å². The Morgan fingerprint density at radius 3 is 2.42 bits per heavy atom. The van der Waals surface area contributed by atoms with Crippen LogP contribution < -0.4 is 11.3 Å². The number of benzene rings is 3. The van der Waals surface area contributed by atoms with Gasteiger partial charge in [0.2, 0.25) is 0 Å². The van der Waals surface area contributed by atoms with Gasteiger partial charge in [0.05, 0.1) is 29.6 Å². The Morgan fingerprint density at radius 1 is 1.00 bits per heavy atom. The third-order valence-electron chi connectivity index (χ3n) is 5.27. The molecule has 0 amide bonds. The van der Waals surface area contributed by atoms with E-state index in [2.05, 4.69) is 10.1 Å². The van der Waals surface area contributed by atoms with Crippen molar-refractivity contribution < 1.29 is 9.53 Å². The molecule has 7 nitrogen and oxygen atoms in total. The summed E-state index contributed by atoms with van der Waals surface area (Å²) < 4.78 is 6.09. The average Bonchev–Trinajstić information content (AvgIpc) is 3.16. The number of anilines is 1. The lowest BCUT2D eigenvalue weighted by atomic mass is 10.00. The molecule has 0 saturated heterocycles. The van der Waals surface area contributed by atoms with Gasteiger partial charge in [0.25, 0.3) is 5.56 Å². The van der Waals surface area contributed by atoms with E-state index in [1.807, 2.05) is 36.4 Å². The molecule has 0 aromatic heterocycles. The van der Waals surface area contributed by atoms with E-state index >= 15 is 0 Å². The summed E-state index contributed by atoms with van der Waals surface area (Å²) in [6.45, 7) is 0. The molecule has 3 N–H and O–H groups in total. The van der Waals surface area contributed by atoms with Crippen molar-refractivity contribution in [1.29, 1.82) is 0 Å². The van der Waals surface area contributed by atoms with E-state index in [-0.39, 0.29) is 5.56 Å². The molecule has 3 aromatic carbocycles. The number of nitrogens with one attached hydrogen (secondary N) is 1. The second-order valence-electron chi connectivity index (χ2n) is 7.15. The fourth-order valence-corrected chi connectivity index (χ4v) is 3.71. The van der Waals surface area contributed by atoms with E-state index in [0.29, 0.717) is 33.9 Å². The van der Waals surface area contributed by atoms with Crippen LogP contribution in [0.2, 0.25) is 0 Å². The highest BCUT2D eigenvalue weighted by Crippen LogP contribution is 2.34. The van der Waals surface area contributed by atoms with Crippen LogP contribution in [0.25, 0.3) is 39.1 Å². The zero-order valence-corrected chi connectivity index (χ0v) is 16.6. The van der Waals surface area contributed by atoms with Crippen molar-refractivity contribution in [3.63, 3.8) is 0 Å². The number of rotatable bonds is 3. The highest BCUT2D eigenvalue weighted by atomic mass is 16.5. The van der Waals surface area contributed by atoms with Gasteiger partial charge in [-0.2, -0.15) is 9.78 Å². The maximum absolute atomic E-state index is 13.5. The quantitative estimate of drug-likeness (QED) is 0.347. The number of aromatic nitrogens is 3. The zero-order chi connectivity index (χ0) is 21.5. The van der Waals surface area contributed by atoms with Gasteiger partial charge < -0.3 is 15.5 Å². The number of H-pyrrole nitrogens is 1. The molecule has 0 unspecified atom stereocenters. The Hall–Kier alpha value is -4.39. The summed E-state index contributed by atoms with van der Waals surface area (Å²) in [6, 6.07) is 21.6. The van der Waals surface area contributed by atoms with Gasteiger partial charge in [-0.1, -0.05) is 30.3 Å². The Bertz CT molecular complexity index is 1450. The van der Waals surface area contributed by atoms with Gasteiger partial charge in [0.1, 0.15) is 5.69 Å². The summed E-state index contributed by atoms with van der Waals surface area (Å²) in [5.74, 6) is -0.439. The predicted molar refractivity (Wildman–Crippen MR) is 120 cm³/mol. The number of methoxy groups -OCH3 is 1. The van der Waals surface area contributed by atoms with Crippen LogP contribution in [0.1, 0.15) is 10.4 Å². The molecule has 2 aliphatic rings. The SMILES string of the molecule is COC(=O)c1ccc(-n2nc3c4ccccc4[nH]c(-c4ccc(N)cc4)c-3c2=O)cc1. The van der Waals surface area contributed by atoms with Crippen LogP contribution in [-0.4, -0.2) is 27.8 Å². The second-order valence-corrected chi connectivity index (χ2v) is 7.15. The molecule has 0 atom stereocenters. The highest BCUT2D eigenvalue weighted by Gasteiger charge is 2.24. The molecular weight excluding hydrogens is 392 g/mol. The molecular formula is C24H18N4O3. The van der Waals surface area contributed by atoms with Crippen LogP contribution in [0, 0.1) is 0 Å². The van der Waals surface area contributed by atoms with Crippen molar-refractivity contribution >= 4 is 22.6 Å². The summed E-state index contributed by atoms with van der Waals surface area (Å²) in [5.41, 5.74) is 10.7. The van der Waals surface area contributed by atoms with Gasteiger partial charge in [-0.15, -0.1) is 0 Å². The predicted octanol–water partition coefficient (Wildman–Crippen LogP) is 3.85. The first kappa shape index (κ1) is 18.6. The summed E-state index contributed by atoms with van der Waals surface area (Å²) in [4.78, 5) is 28.6. The molecule has 0 bridgehead atoms. The number of fused-ring (bicyclic) bond motifs is 3.